The maximum absolute atomic E-state index is 4.70. The highest BCUT2D eigenvalue weighted by atomic mass is 79.9. The minimum Gasteiger partial charge on any atom is -0.186 e. The van der Waals surface area contributed by atoms with Crippen LogP contribution < -0.4 is 0 Å². The van der Waals surface area contributed by atoms with Gasteiger partial charge in [-0.05, 0) is 11.6 Å². The van der Waals surface area contributed by atoms with Gasteiger partial charge >= 0.3 is 0 Å². The van der Waals surface area contributed by atoms with Crippen molar-refractivity contribution >= 4 is 44.0 Å². The molecule has 0 saturated heterocycles. The number of hydrogen-bond donors (Lipinski definition) is 0. The Labute approximate surface area is 156 Å². The maximum atomic E-state index is 4.70. The summed E-state index contributed by atoms with van der Waals surface area (Å²) in [6, 6.07) is 18.5. The first-order chi connectivity index (χ1) is 11.8. The Morgan fingerprint density at radius 1 is 0.958 bits per heavy atom. The fourth-order valence-corrected chi connectivity index (χ4v) is 4.72. The topological polar surface area (TPSA) is 43.1 Å². The van der Waals surface area contributed by atoms with Gasteiger partial charge in [-0.3, -0.25) is 0 Å². The van der Waals surface area contributed by atoms with Crippen molar-refractivity contribution in [1.29, 1.82) is 0 Å². The Morgan fingerprint density at radius 2 is 1.75 bits per heavy atom. The molecule has 0 aliphatic rings. The van der Waals surface area contributed by atoms with E-state index in [9.17, 15) is 0 Å². The molecule has 0 radical (unpaired) electrons. The van der Waals surface area contributed by atoms with E-state index >= 15 is 0 Å². The van der Waals surface area contributed by atoms with E-state index in [0.717, 1.165) is 37.3 Å². The molecule has 7 heteroatoms. The molecule has 0 unspecified atom stereocenters. The first-order valence-electron chi connectivity index (χ1n) is 7.39. The third kappa shape index (κ3) is 3.24. The third-order valence-electron chi connectivity index (χ3n) is 3.50. The Bertz CT molecular complexity index is 965. The molecule has 24 heavy (non-hydrogen) atoms. The number of benzene rings is 2. The smallest absolute Gasteiger partial charge is 0.186 e. The summed E-state index contributed by atoms with van der Waals surface area (Å²) in [6.07, 6.45) is 0. The summed E-state index contributed by atoms with van der Waals surface area (Å²) in [7, 11) is 0. The van der Waals surface area contributed by atoms with Gasteiger partial charge in [0.15, 0.2) is 5.82 Å². The second-order valence-electron chi connectivity index (χ2n) is 5.18. The highest BCUT2D eigenvalue weighted by Gasteiger charge is 2.14. The van der Waals surface area contributed by atoms with Crippen molar-refractivity contribution in [1.82, 2.24) is 19.8 Å². The lowest BCUT2D eigenvalue weighted by molar-refractivity contribution is 0.887. The summed E-state index contributed by atoms with van der Waals surface area (Å²) in [6.45, 7) is 0. The van der Waals surface area contributed by atoms with Gasteiger partial charge in [0.05, 0.1) is 5.75 Å². The largest absolute Gasteiger partial charge is 0.235 e. The van der Waals surface area contributed by atoms with E-state index in [1.807, 2.05) is 40.5 Å². The van der Waals surface area contributed by atoms with Crippen LogP contribution in [0.4, 0.5) is 0 Å². The number of rotatable bonds is 5. The van der Waals surface area contributed by atoms with E-state index in [1.165, 1.54) is 5.56 Å². The van der Waals surface area contributed by atoms with Crippen LogP contribution in [0, 0.1) is 0 Å². The van der Waals surface area contributed by atoms with E-state index in [4.69, 9.17) is 5.10 Å². The van der Waals surface area contributed by atoms with Crippen molar-refractivity contribution in [2.75, 3.05) is 0 Å². The van der Waals surface area contributed by atoms with Crippen LogP contribution in [0.1, 0.15) is 11.4 Å². The van der Waals surface area contributed by atoms with Gasteiger partial charge in [-0.1, -0.05) is 75.8 Å². The molecule has 2 aromatic heterocycles. The van der Waals surface area contributed by atoms with Crippen molar-refractivity contribution in [2.24, 2.45) is 0 Å². The zero-order valence-electron chi connectivity index (χ0n) is 12.6. The first kappa shape index (κ1) is 15.8. The van der Waals surface area contributed by atoms with Crippen LogP contribution >= 0.6 is 39.0 Å². The minimum atomic E-state index is 0.787. The zero-order chi connectivity index (χ0) is 16.4. The molecule has 2 heterocycles. The van der Waals surface area contributed by atoms with Crippen LogP contribution in [0.5, 0.6) is 0 Å². The second-order valence-corrected chi connectivity index (χ2v) is 7.97. The van der Waals surface area contributed by atoms with Crippen LogP contribution in [0.25, 0.3) is 15.5 Å². The Kier molecular flexibility index (Phi) is 4.64. The van der Waals surface area contributed by atoms with Gasteiger partial charge in [-0.15, -0.1) is 22.0 Å². The maximum Gasteiger partial charge on any atom is 0.235 e. The fraction of sp³-hybridized carbons (Fsp3) is 0.118. The molecule has 0 aliphatic heterocycles. The van der Waals surface area contributed by atoms with Gasteiger partial charge in [0.25, 0.3) is 0 Å². The van der Waals surface area contributed by atoms with E-state index in [0.29, 0.717) is 0 Å². The molecular weight excluding hydrogens is 404 g/mol. The quantitative estimate of drug-likeness (QED) is 0.456. The van der Waals surface area contributed by atoms with E-state index in [1.54, 1.807) is 11.3 Å². The predicted molar refractivity (Wildman–Crippen MR) is 103 cm³/mol. The summed E-state index contributed by atoms with van der Waals surface area (Å²) in [4.78, 5) is 0.830. The number of fused-ring (bicyclic) bond motifs is 1. The molecule has 120 valence electrons. The van der Waals surface area contributed by atoms with Crippen LogP contribution in [0.2, 0.25) is 0 Å². The van der Waals surface area contributed by atoms with Crippen LogP contribution in [-0.4, -0.2) is 19.8 Å². The summed E-state index contributed by atoms with van der Waals surface area (Å²) in [5.41, 5.74) is 2.39. The first-order valence-corrected chi connectivity index (χ1v) is 10.2. The Hall–Kier alpha value is -1.70. The molecule has 0 amide bonds. The summed E-state index contributed by atoms with van der Waals surface area (Å²) in [5.74, 6) is 2.63. The van der Waals surface area contributed by atoms with Crippen molar-refractivity contribution in [3.8, 4) is 10.6 Å². The summed E-state index contributed by atoms with van der Waals surface area (Å²) >= 11 is 6.96. The van der Waals surface area contributed by atoms with Gasteiger partial charge in [0, 0.05) is 15.8 Å². The molecular formula is C17H13BrN4S2. The monoisotopic (exact) mass is 416 g/mol. The molecule has 0 saturated carbocycles. The third-order valence-corrected chi connectivity index (χ3v) is 6.13. The average molecular weight is 417 g/mol. The summed E-state index contributed by atoms with van der Waals surface area (Å²) in [5, 5.41) is 14.2. The van der Waals surface area contributed by atoms with Crippen LogP contribution in [0.15, 0.2) is 59.1 Å². The number of halogens is 1. The molecule has 0 N–H and O–H groups in total. The normalized spacial score (nSPS) is 11.2. The lowest BCUT2D eigenvalue weighted by Gasteiger charge is -2.00. The van der Waals surface area contributed by atoms with Gasteiger partial charge in [0.2, 0.25) is 4.96 Å². The Balaban J connectivity index is 1.53. The molecule has 0 spiro atoms. The predicted octanol–water partition coefficient (Wildman–Crippen LogP) is 5.05. The van der Waals surface area contributed by atoms with E-state index in [2.05, 4.69) is 56.5 Å². The van der Waals surface area contributed by atoms with Gasteiger partial charge in [-0.25, -0.2) is 0 Å². The van der Waals surface area contributed by atoms with Gasteiger partial charge in [0.1, 0.15) is 5.01 Å². The average Bonchev–Trinajstić information content (AvgIpc) is 3.18. The Morgan fingerprint density at radius 3 is 2.58 bits per heavy atom. The second kappa shape index (κ2) is 7.04. The number of hydrogen-bond acceptors (Lipinski definition) is 5. The van der Waals surface area contributed by atoms with E-state index in [-0.39, 0.29) is 0 Å². The van der Waals surface area contributed by atoms with Crippen molar-refractivity contribution < 1.29 is 0 Å². The molecule has 0 fully saturated rings. The standard InChI is InChI=1S/C17H13BrN4S2/c18-14-9-5-4-8-13(14)16-21-22-15(19-20-17(22)24-16)11-23-10-12-6-2-1-3-7-12/h1-9H,10-11H2. The molecule has 4 rings (SSSR count). The minimum absolute atomic E-state index is 0.787. The highest BCUT2D eigenvalue weighted by Crippen LogP contribution is 2.31. The molecule has 2 aromatic carbocycles. The fourth-order valence-electron chi connectivity index (χ4n) is 2.33. The van der Waals surface area contributed by atoms with Gasteiger partial charge < -0.3 is 0 Å². The summed E-state index contributed by atoms with van der Waals surface area (Å²) < 4.78 is 2.90. The van der Waals surface area contributed by atoms with Gasteiger partial charge in [-0.2, -0.15) is 9.61 Å². The molecule has 0 bridgehead atoms. The molecule has 4 aromatic rings. The van der Waals surface area contributed by atoms with Crippen molar-refractivity contribution in [3.63, 3.8) is 0 Å². The number of aromatic nitrogens is 4. The molecule has 0 aliphatic carbocycles. The lowest BCUT2D eigenvalue weighted by Crippen LogP contribution is -1.94. The van der Waals surface area contributed by atoms with E-state index < -0.39 is 0 Å². The zero-order valence-corrected chi connectivity index (χ0v) is 15.8. The lowest BCUT2D eigenvalue weighted by atomic mass is 10.2. The molecule has 0 atom stereocenters. The van der Waals surface area contributed by atoms with Crippen LogP contribution in [-0.2, 0) is 11.5 Å². The van der Waals surface area contributed by atoms with Crippen molar-refractivity contribution in [2.45, 2.75) is 11.5 Å². The SMILES string of the molecule is Brc1ccccc1-c1nn2c(CSCc3ccccc3)nnc2s1. The highest BCUT2D eigenvalue weighted by molar-refractivity contribution is 9.10. The number of nitrogens with zero attached hydrogens (tertiary/aromatic N) is 4. The molecule has 4 nitrogen and oxygen atoms in total. The number of thioether (sulfide) groups is 1. The van der Waals surface area contributed by atoms with Crippen LogP contribution in [0.3, 0.4) is 0 Å². The van der Waals surface area contributed by atoms with Crippen molar-refractivity contribution in [3.05, 3.63) is 70.5 Å².